The second-order valence-corrected chi connectivity index (χ2v) is 1.96. The minimum atomic E-state index is -0.287. The Kier molecular flexibility index (Phi) is 1.96. The molecule has 0 aromatic heterocycles. The topological polar surface area (TPSA) is 73.1 Å². The van der Waals surface area contributed by atoms with Crippen LogP contribution < -0.4 is 0 Å². The zero-order valence-electron chi connectivity index (χ0n) is 5.60. The van der Waals surface area contributed by atoms with Gasteiger partial charge in [-0.15, -0.1) is 0 Å². The number of phenolic OH excluding ortho intramolecular Hbond substituents is 2. The van der Waals surface area contributed by atoms with Crippen LogP contribution in [0.5, 0.6) is 11.5 Å². The van der Waals surface area contributed by atoms with Crippen molar-refractivity contribution < 1.29 is 15.4 Å². The van der Waals surface area contributed by atoms with Crippen LogP contribution in [-0.4, -0.2) is 21.6 Å². The fourth-order valence-electron chi connectivity index (χ4n) is 0.715. The van der Waals surface area contributed by atoms with E-state index in [1.54, 1.807) is 0 Å². The smallest absolute Gasteiger partial charge is 0.166 e. The van der Waals surface area contributed by atoms with Gasteiger partial charge in [-0.3, -0.25) is 0 Å². The number of rotatable bonds is 1. The lowest BCUT2D eigenvalue weighted by atomic mass is 10.2. The molecule has 0 amide bonds. The van der Waals surface area contributed by atoms with E-state index < -0.39 is 0 Å². The molecule has 0 spiro atoms. The Labute approximate surface area is 63.0 Å². The highest BCUT2D eigenvalue weighted by molar-refractivity contribution is 5.84. The molecule has 4 nitrogen and oxygen atoms in total. The van der Waals surface area contributed by atoms with Crippen LogP contribution in [0.1, 0.15) is 5.56 Å². The number of nitrogens with zero attached hydrogens (tertiary/aromatic N) is 1. The first-order chi connectivity index (χ1) is 5.25. The minimum absolute atomic E-state index is 0.234. The fraction of sp³-hybridized carbons (Fsp3) is 0. The zero-order chi connectivity index (χ0) is 8.27. The van der Waals surface area contributed by atoms with Gasteiger partial charge in [0, 0.05) is 5.56 Å². The van der Waals surface area contributed by atoms with Gasteiger partial charge in [0.05, 0.1) is 6.21 Å². The monoisotopic (exact) mass is 153 g/mol. The maximum atomic E-state index is 9.08. The molecule has 0 unspecified atom stereocenters. The molecule has 11 heavy (non-hydrogen) atoms. The highest BCUT2D eigenvalue weighted by Gasteiger charge is 2.01. The van der Waals surface area contributed by atoms with Crippen molar-refractivity contribution in [3.63, 3.8) is 0 Å². The summed E-state index contributed by atoms with van der Waals surface area (Å²) in [5.74, 6) is -0.521. The van der Waals surface area contributed by atoms with Gasteiger partial charge in [0.1, 0.15) is 0 Å². The van der Waals surface area contributed by atoms with Crippen LogP contribution in [0, 0.1) is 0 Å². The molecule has 4 heteroatoms. The van der Waals surface area contributed by atoms with Gasteiger partial charge < -0.3 is 15.4 Å². The standard InChI is InChI=1S/C7H7NO3/c9-6-3-1-2-5(4-8-11)7(6)10/h1-4,9-11H. The summed E-state index contributed by atoms with van der Waals surface area (Å²) in [5.41, 5.74) is 0.271. The number of phenols is 2. The van der Waals surface area contributed by atoms with E-state index in [2.05, 4.69) is 5.16 Å². The van der Waals surface area contributed by atoms with Crippen molar-refractivity contribution in [2.45, 2.75) is 0 Å². The second-order valence-electron chi connectivity index (χ2n) is 1.96. The van der Waals surface area contributed by atoms with Gasteiger partial charge >= 0.3 is 0 Å². The predicted octanol–water partition coefficient (Wildman–Crippen LogP) is 0.906. The average Bonchev–Trinajstić information content (AvgIpc) is 1.99. The van der Waals surface area contributed by atoms with E-state index in [-0.39, 0.29) is 17.1 Å². The molecule has 0 radical (unpaired) electrons. The van der Waals surface area contributed by atoms with Crippen molar-refractivity contribution in [2.75, 3.05) is 0 Å². The first-order valence-corrected chi connectivity index (χ1v) is 2.94. The summed E-state index contributed by atoms with van der Waals surface area (Å²) in [5, 5.41) is 28.8. The van der Waals surface area contributed by atoms with Gasteiger partial charge in [-0.05, 0) is 12.1 Å². The second kappa shape index (κ2) is 2.92. The van der Waals surface area contributed by atoms with Crippen molar-refractivity contribution in [3.05, 3.63) is 23.8 Å². The molecule has 0 atom stereocenters. The van der Waals surface area contributed by atoms with Gasteiger partial charge in [-0.2, -0.15) is 0 Å². The van der Waals surface area contributed by atoms with Crippen LogP contribution in [0.3, 0.4) is 0 Å². The lowest BCUT2D eigenvalue weighted by Crippen LogP contribution is -1.81. The van der Waals surface area contributed by atoms with Gasteiger partial charge in [-0.25, -0.2) is 0 Å². The van der Waals surface area contributed by atoms with Gasteiger partial charge in [-0.1, -0.05) is 11.2 Å². The Morgan fingerprint density at radius 3 is 2.64 bits per heavy atom. The number of hydrogen-bond acceptors (Lipinski definition) is 4. The molecule has 0 saturated carbocycles. The molecule has 0 aliphatic carbocycles. The number of para-hydroxylation sites is 1. The van der Waals surface area contributed by atoms with E-state index in [4.69, 9.17) is 15.4 Å². The normalized spacial score (nSPS) is 10.5. The summed E-state index contributed by atoms with van der Waals surface area (Å²) in [6, 6.07) is 4.38. The minimum Gasteiger partial charge on any atom is -0.504 e. The van der Waals surface area contributed by atoms with Crippen LogP contribution in [0.2, 0.25) is 0 Å². The molecule has 0 bridgehead atoms. The Bertz CT molecular complexity index is 283. The largest absolute Gasteiger partial charge is 0.504 e. The van der Waals surface area contributed by atoms with Crippen LogP contribution in [0.25, 0.3) is 0 Å². The first-order valence-electron chi connectivity index (χ1n) is 2.94. The number of benzene rings is 1. The van der Waals surface area contributed by atoms with Crippen molar-refractivity contribution in [2.24, 2.45) is 5.16 Å². The van der Waals surface area contributed by atoms with Crippen molar-refractivity contribution in [3.8, 4) is 11.5 Å². The van der Waals surface area contributed by atoms with Crippen LogP contribution in [0.15, 0.2) is 23.4 Å². The van der Waals surface area contributed by atoms with Crippen LogP contribution in [-0.2, 0) is 0 Å². The predicted molar refractivity (Wildman–Crippen MR) is 39.2 cm³/mol. The Morgan fingerprint density at radius 2 is 2.00 bits per heavy atom. The third kappa shape index (κ3) is 1.40. The maximum absolute atomic E-state index is 9.08. The van der Waals surface area contributed by atoms with E-state index in [1.165, 1.54) is 18.2 Å². The van der Waals surface area contributed by atoms with Crippen molar-refractivity contribution in [1.29, 1.82) is 0 Å². The van der Waals surface area contributed by atoms with Gasteiger partial charge in [0.2, 0.25) is 0 Å². The molecule has 0 aliphatic rings. The molecule has 0 heterocycles. The SMILES string of the molecule is ON=Cc1cccc(O)c1O. The number of hydrogen-bond donors (Lipinski definition) is 3. The molecule has 1 rings (SSSR count). The zero-order valence-corrected chi connectivity index (χ0v) is 5.60. The van der Waals surface area contributed by atoms with Crippen LogP contribution >= 0.6 is 0 Å². The Morgan fingerprint density at radius 1 is 1.27 bits per heavy atom. The average molecular weight is 153 g/mol. The Balaban J connectivity index is 3.16. The summed E-state index contributed by atoms with van der Waals surface area (Å²) in [6.07, 6.45) is 1.04. The third-order valence-electron chi connectivity index (χ3n) is 1.24. The van der Waals surface area contributed by atoms with E-state index in [1.807, 2.05) is 0 Å². The summed E-state index contributed by atoms with van der Waals surface area (Å²) in [4.78, 5) is 0. The highest BCUT2D eigenvalue weighted by atomic mass is 16.4. The first kappa shape index (κ1) is 7.40. The van der Waals surface area contributed by atoms with Crippen molar-refractivity contribution in [1.82, 2.24) is 0 Å². The lowest BCUT2D eigenvalue weighted by Gasteiger charge is -1.98. The van der Waals surface area contributed by atoms with Crippen molar-refractivity contribution >= 4 is 6.21 Å². The van der Waals surface area contributed by atoms with E-state index >= 15 is 0 Å². The molecule has 0 fully saturated rings. The summed E-state index contributed by atoms with van der Waals surface area (Å²) >= 11 is 0. The Hall–Kier alpha value is -1.71. The molecule has 0 saturated heterocycles. The molecular weight excluding hydrogens is 146 g/mol. The molecule has 1 aromatic rings. The van der Waals surface area contributed by atoms with E-state index in [0.29, 0.717) is 0 Å². The maximum Gasteiger partial charge on any atom is 0.166 e. The number of aromatic hydroxyl groups is 2. The summed E-state index contributed by atoms with van der Waals surface area (Å²) in [6.45, 7) is 0. The lowest BCUT2D eigenvalue weighted by molar-refractivity contribution is 0.321. The molecule has 58 valence electrons. The van der Waals surface area contributed by atoms with E-state index in [9.17, 15) is 0 Å². The molecular formula is C7H7NO3. The quantitative estimate of drug-likeness (QED) is 0.243. The molecule has 1 aromatic carbocycles. The summed E-state index contributed by atoms with van der Waals surface area (Å²) < 4.78 is 0. The highest BCUT2D eigenvalue weighted by Crippen LogP contribution is 2.26. The van der Waals surface area contributed by atoms with E-state index in [0.717, 1.165) is 6.21 Å². The summed E-state index contributed by atoms with van der Waals surface area (Å²) in [7, 11) is 0. The third-order valence-corrected chi connectivity index (χ3v) is 1.24. The fourth-order valence-corrected chi connectivity index (χ4v) is 0.715. The van der Waals surface area contributed by atoms with Gasteiger partial charge in [0.25, 0.3) is 0 Å². The van der Waals surface area contributed by atoms with Gasteiger partial charge in [0.15, 0.2) is 11.5 Å². The molecule has 3 N–H and O–H groups in total. The molecule has 0 aliphatic heterocycles. The number of oxime groups is 1. The van der Waals surface area contributed by atoms with Crippen LogP contribution in [0.4, 0.5) is 0 Å².